The van der Waals surface area contributed by atoms with Crippen LogP contribution in [0.25, 0.3) is 0 Å². The maximum atomic E-state index is 12.4. The third-order valence-corrected chi connectivity index (χ3v) is 3.57. The number of aliphatic imine (C=N–C) groups is 1. The Labute approximate surface area is 154 Å². The van der Waals surface area contributed by atoms with Gasteiger partial charge in [-0.25, -0.2) is 0 Å². The van der Waals surface area contributed by atoms with Crippen LogP contribution in [-0.2, 0) is 6.54 Å². The fourth-order valence-corrected chi connectivity index (χ4v) is 2.08. The van der Waals surface area contributed by atoms with Gasteiger partial charge in [-0.2, -0.15) is 8.78 Å². The molecule has 1 aromatic rings. The van der Waals surface area contributed by atoms with E-state index in [1.54, 1.807) is 25.2 Å². The average molecular weight is 441 g/mol. The summed E-state index contributed by atoms with van der Waals surface area (Å²) in [4.78, 5) is 4.14. The van der Waals surface area contributed by atoms with E-state index in [-0.39, 0.29) is 29.7 Å². The summed E-state index contributed by atoms with van der Waals surface area (Å²) in [7, 11) is 1.68. The van der Waals surface area contributed by atoms with Crippen molar-refractivity contribution in [3.05, 3.63) is 29.8 Å². The lowest BCUT2D eigenvalue weighted by molar-refractivity contribution is -0.0504. The maximum Gasteiger partial charge on any atom is 0.387 e. The molecule has 0 aliphatic rings. The second-order valence-corrected chi connectivity index (χ2v) is 4.98. The van der Waals surface area contributed by atoms with Crippen LogP contribution in [-0.4, -0.2) is 26.2 Å². The van der Waals surface area contributed by atoms with Gasteiger partial charge in [-0.15, -0.1) is 24.0 Å². The number of nitrogens with one attached hydrogen (secondary N) is 2. The quantitative estimate of drug-likeness (QED) is 0.364. The minimum absolute atomic E-state index is 0. The molecule has 23 heavy (non-hydrogen) atoms. The third-order valence-electron chi connectivity index (χ3n) is 3.57. The van der Waals surface area contributed by atoms with E-state index in [9.17, 15) is 8.78 Å². The van der Waals surface area contributed by atoms with Crippen molar-refractivity contribution in [2.75, 3.05) is 13.6 Å². The number of hydrogen-bond donors (Lipinski definition) is 2. The lowest BCUT2D eigenvalue weighted by atomic mass is 10.0. The van der Waals surface area contributed by atoms with Crippen LogP contribution in [0.1, 0.15) is 32.3 Å². The number of rotatable bonds is 8. The number of hydrogen-bond acceptors (Lipinski definition) is 2. The van der Waals surface area contributed by atoms with Crippen molar-refractivity contribution in [3.63, 3.8) is 0 Å². The molecule has 0 saturated heterocycles. The zero-order valence-corrected chi connectivity index (χ0v) is 16.1. The first-order chi connectivity index (χ1) is 10.6. The first-order valence-electron chi connectivity index (χ1n) is 7.57. The second-order valence-electron chi connectivity index (χ2n) is 4.98. The molecule has 0 aliphatic heterocycles. The molecule has 4 nitrogen and oxygen atoms in total. The lowest BCUT2D eigenvalue weighted by Crippen LogP contribution is -2.39. The first-order valence-corrected chi connectivity index (χ1v) is 7.57. The molecule has 132 valence electrons. The lowest BCUT2D eigenvalue weighted by Gasteiger charge is -2.17. The highest BCUT2D eigenvalue weighted by Crippen LogP contribution is 2.19. The Balaban J connectivity index is 0.00000484. The first kappa shape index (κ1) is 21.9. The van der Waals surface area contributed by atoms with Crippen LogP contribution >= 0.6 is 24.0 Å². The molecule has 7 heteroatoms. The Kier molecular flexibility index (Phi) is 11.7. The van der Waals surface area contributed by atoms with Gasteiger partial charge >= 0.3 is 6.61 Å². The molecule has 0 atom stereocenters. The van der Waals surface area contributed by atoms with Crippen molar-refractivity contribution in [1.82, 2.24) is 10.6 Å². The maximum absolute atomic E-state index is 12.4. The Hall–Kier alpha value is -1.12. The van der Waals surface area contributed by atoms with E-state index in [0.29, 0.717) is 24.0 Å². The number of guanidine groups is 1. The van der Waals surface area contributed by atoms with Crippen LogP contribution < -0.4 is 15.4 Å². The molecule has 2 N–H and O–H groups in total. The second kappa shape index (κ2) is 12.3. The molecule has 0 fully saturated rings. The molecule has 0 aromatic heterocycles. The minimum atomic E-state index is -2.83. The molecule has 1 aromatic carbocycles. The van der Waals surface area contributed by atoms with Gasteiger partial charge in [0.25, 0.3) is 0 Å². The van der Waals surface area contributed by atoms with E-state index < -0.39 is 6.61 Å². The summed E-state index contributed by atoms with van der Waals surface area (Å²) >= 11 is 0. The number of halogens is 3. The van der Waals surface area contributed by atoms with E-state index in [1.165, 1.54) is 6.07 Å². The number of alkyl halides is 2. The van der Waals surface area contributed by atoms with Gasteiger partial charge in [-0.1, -0.05) is 44.9 Å². The molecule has 1 rings (SSSR count). The number of para-hydroxylation sites is 1. The average Bonchev–Trinajstić information content (AvgIpc) is 2.52. The molecular weight excluding hydrogens is 415 g/mol. The molecule has 0 saturated carbocycles. The van der Waals surface area contributed by atoms with E-state index >= 15 is 0 Å². The Morgan fingerprint density at radius 3 is 2.39 bits per heavy atom. The van der Waals surface area contributed by atoms with Crippen LogP contribution in [0.3, 0.4) is 0 Å². The van der Waals surface area contributed by atoms with E-state index in [1.807, 2.05) is 0 Å². The molecular formula is C16H26F2IN3O. The fraction of sp³-hybridized carbons (Fsp3) is 0.562. The number of nitrogens with zero attached hydrogens (tertiary/aromatic N) is 1. The van der Waals surface area contributed by atoms with Crippen molar-refractivity contribution in [3.8, 4) is 5.75 Å². The van der Waals surface area contributed by atoms with E-state index in [4.69, 9.17) is 0 Å². The molecule has 0 bridgehead atoms. The van der Waals surface area contributed by atoms with Gasteiger partial charge < -0.3 is 15.4 Å². The van der Waals surface area contributed by atoms with Crippen LogP contribution in [0, 0.1) is 5.92 Å². The molecule has 0 aliphatic carbocycles. The van der Waals surface area contributed by atoms with Crippen LogP contribution in [0.2, 0.25) is 0 Å². The third kappa shape index (κ3) is 8.34. The predicted octanol–water partition coefficient (Wildman–Crippen LogP) is 4.01. The van der Waals surface area contributed by atoms with Gasteiger partial charge in [0.1, 0.15) is 5.75 Å². The summed E-state index contributed by atoms with van der Waals surface area (Å²) in [6.07, 6.45) is 2.21. The zero-order chi connectivity index (χ0) is 16.4. The van der Waals surface area contributed by atoms with Gasteiger partial charge in [0.15, 0.2) is 5.96 Å². The Morgan fingerprint density at radius 1 is 1.17 bits per heavy atom. The van der Waals surface area contributed by atoms with E-state index in [2.05, 4.69) is 34.2 Å². The molecule has 0 amide bonds. The van der Waals surface area contributed by atoms with Crippen molar-refractivity contribution in [2.45, 2.75) is 39.8 Å². The molecule has 0 radical (unpaired) electrons. The summed E-state index contributed by atoms with van der Waals surface area (Å²) in [6, 6.07) is 6.74. The fourth-order valence-electron chi connectivity index (χ4n) is 2.08. The topological polar surface area (TPSA) is 45.7 Å². The van der Waals surface area contributed by atoms with Crippen molar-refractivity contribution >= 4 is 29.9 Å². The minimum Gasteiger partial charge on any atom is -0.434 e. The summed E-state index contributed by atoms with van der Waals surface area (Å²) in [5.74, 6) is 1.42. The Morgan fingerprint density at radius 2 is 1.83 bits per heavy atom. The monoisotopic (exact) mass is 441 g/mol. The normalized spacial score (nSPS) is 11.3. The highest BCUT2D eigenvalue weighted by atomic mass is 127. The number of ether oxygens (including phenoxy) is 1. The number of benzene rings is 1. The van der Waals surface area contributed by atoms with Crippen LogP contribution in [0.5, 0.6) is 5.75 Å². The summed E-state index contributed by atoms with van der Waals surface area (Å²) in [6.45, 7) is 2.69. The van der Waals surface area contributed by atoms with Crippen LogP contribution in [0.15, 0.2) is 29.3 Å². The van der Waals surface area contributed by atoms with Crippen LogP contribution in [0.4, 0.5) is 8.78 Å². The zero-order valence-electron chi connectivity index (χ0n) is 13.8. The van der Waals surface area contributed by atoms with Gasteiger partial charge in [0.05, 0.1) is 0 Å². The van der Waals surface area contributed by atoms with Crippen molar-refractivity contribution < 1.29 is 13.5 Å². The standard InChI is InChI=1S/C16H25F2N3O.HI/c1-4-12(5-2)10-20-16(19-3)21-11-13-8-6-7-9-14(13)22-15(17)18;/h6-9,12,15H,4-5,10-11H2,1-3H3,(H2,19,20,21);1H. The highest BCUT2D eigenvalue weighted by molar-refractivity contribution is 14.0. The predicted molar refractivity (Wildman–Crippen MR) is 101 cm³/mol. The highest BCUT2D eigenvalue weighted by Gasteiger charge is 2.10. The summed E-state index contributed by atoms with van der Waals surface area (Å²) < 4.78 is 29.3. The van der Waals surface area contributed by atoms with Gasteiger partial charge in [0, 0.05) is 25.7 Å². The van der Waals surface area contributed by atoms with Gasteiger partial charge in [-0.05, 0) is 12.0 Å². The molecule has 0 heterocycles. The summed E-state index contributed by atoms with van der Waals surface area (Å²) in [5.41, 5.74) is 0.660. The van der Waals surface area contributed by atoms with Crippen molar-refractivity contribution in [2.24, 2.45) is 10.9 Å². The SMILES string of the molecule is CCC(CC)CNC(=NC)NCc1ccccc1OC(F)F.I. The van der Waals surface area contributed by atoms with Crippen molar-refractivity contribution in [1.29, 1.82) is 0 Å². The largest absolute Gasteiger partial charge is 0.434 e. The summed E-state index contributed by atoms with van der Waals surface area (Å²) in [5, 5.41) is 6.37. The van der Waals surface area contributed by atoms with Gasteiger partial charge in [-0.3, -0.25) is 4.99 Å². The Bertz CT molecular complexity index is 468. The van der Waals surface area contributed by atoms with Gasteiger partial charge in [0.2, 0.25) is 0 Å². The van der Waals surface area contributed by atoms with E-state index in [0.717, 1.165) is 19.4 Å². The smallest absolute Gasteiger partial charge is 0.387 e. The molecule has 0 spiro atoms. The molecule has 0 unspecified atom stereocenters.